The van der Waals surface area contributed by atoms with Gasteiger partial charge in [-0.15, -0.1) is 5.10 Å². The average molecular weight is 393 g/mol. The molecule has 8 nitrogen and oxygen atoms in total. The van der Waals surface area contributed by atoms with Gasteiger partial charge in [-0.2, -0.15) is 5.26 Å². The number of aromatic nitrogens is 4. The van der Waals surface area contributed by atoms with E-state index in [0.29, 0.717) is 36.7 Å². The van der Waals surface area contributed by atoms with E-state index in [-0.39, 0.29) is 5.56 Å². The van der Waals surface area contributed by atoms with Crippen LogP contribution in [0.2, 0.25) is 0 Å². The number of amides is 1. The van der Waals surface area contributed by atoms with Crippen LogP contribution < -0.4 is 4.90 Å². The van der Waals surface area contributed by atoms with Crippen LogP contribution in [0.4, 0.5) is 10.2 Å². The third-order valence-corrected chi connectivity index (χ3v) is 4.51. The molecule has 0 aliphatic carbocycles. The van der Waals surface area contributed by atoms with E-state index >= 15 is 0 Å². The monoisotopic (exact) mass is 393 g/mol. The van der Waals surface area contributed by atoms with E-state index < -0.39 is 11.7 Å². The molecule has 0 aliphatic heterocycles. The topological polar surface area (TPSA) is 90.9 Å². The molecule has 1 amide bonds. The first-order valence-corrected chi connectivity index (χ1v) is 9.07. The highest BCUT2D eigenvalue weighted by Crippen LogP contribution is 2.20. The van der Waals surface area contributed by atoms with E-state index in [4.69, 9.17) is 5.26 Å². The lowest BCUT2D eigenvalue weighted by Crippen LogP contribution is -2.38. The number of carbonyl (C=O) groups excluding carboxylic acids is 1. The van der Waals surface area contributed by atoms with Gasteiger partial charge in [0.25, 0.3) is 5.91 Å². The van der Waals surface area contributed by atoms with Crippen LogP contribution in [0.15, 0.2) is 48.9 Å². The van der Waals surface area contributed by atoms with Crippen molar-refractivity contribution in [2.45, 2.75) is 6.92 Å². The lowest BCUT2D eigenvalue weighted by molar-refractivity contribution is 0.0764. The zero-order chi connectivity index (χ0) is 20.8. The molecule has 0 saturated carbocycles. The van der Waals surface area contributed by atoms with Crippen LogP contribution in [0.5, 0.6) is 0 Å². The number of likely N-dealkylation sites (N-methyl/N-ethyl adjacent to an activating group) is 2. The van der Waals surface area contributed by atoms with Crippen LogP contribution in [-0.2, 0) is 0 Å². The quantitative estimate of drug-likeness (QED) is 0.612. The fourth-order valence-corrected chi connectivity index (χ4v) is 2.90. The van der Waals surface area contributed by atoms with E-state index in [2.05, 4.69) is 21.4 Å². The van der Waals surface area contributed by atoms with E-state index in [1.807, 2.05) is 18.9 Å². The molecule has 0 bridgehead atoms. The molecule has 3 rings (SSSR count). The van der Waals surface area contributed by atoms with Crippen molar-refractivity contribution in [3.63, 3.8) is 0 Å². The maximum Gasteiger partial charge on any atom is 0.259 e. The highest BCUT2D eigenvalue weighted by Gasteiger charge is 2.23. The predicted molar refractivity (Wildman–Crippen MR) is 105 cm³/mol. The number of hydrogen-bond acceptors (Lipinski definition) is 6. The van der Waals surface area contributed by atoms with E-state index in [9.17, 15) is 9.18 Å². The van der Waals surface area contributed by atoms with Gasteiger partial charge in [0.1, 0.15) is 17.2 Å². The molecule has 148 valence electrons. The van der Waals surface area contributed by atoms with Crippen molar-refractivity contribution in [1.82, 2.24) is 24.9 Å². The molecule has 0 saturated heterocycles. The molecule has 2 aromatic heterocycles. The summed E-state index contributed by atoms with van der Waals surface area (Å²) >= 11 is 0. The van der Waals surface area contributed by atoms with Gasteiger partial charge >= 0.3 is 0 Å². The van der Waals surface area contributed by atoms with Crippen LogP contribution in [0, 0.1) is 17.1 Å². The minimum absolute atomic E-state index is 0.0490. The largest absolute Gasteiger partial charge is 0.358 e. The van der Waals surface area contributed by atoms with E-state index in [1.165, 1.54) is 23.0 Å². The summed E-state index contributed by atoms with van der Waals surface area (Å²) in [7, 11) is 1.83. The Balaban J connectivity index is 1.79. The molecule has 0 radical (unpaired) electrons. The summed E-state index contributed by atoms with van der Waals surface area (Å²) in [5.41, 5.74) is 0.795. The Morgan fingerprint density at radius 3 is 2.79 bits per heavy atom. The first kappa shape index (κ1) is 19.9. The number of halogens is 1. The lowest BCUT2D eigenvalue weighted by Gasteiger charge is -2.26. The van der Waals surface area contributed by atoms with Gasteiger partial charge in [0, 0.05) is 32.9 Å². The van der Waals surface area contributed by atoms with Crippen LogP contribution in [-0.4, -0.2) is 57.5 Å². The number of nitriles is 1. The minimum atomic E-state index is -0.613. The molecule has 29 heavy (non-hydrogen) atoms. The second-order valence-electron chi connectivity index (χ2n) is 6.30. The second-order valence-corrected chi connectivity index (χ2v) is 6.30. The first-order chi connectivity index (χ1) is 14.0. The number of hydrogen-bond donors (Lipinski definition) is 0. The Morgan fingerprint density at radius 2 is 2.10 bits per heavy atom. The van der Waals surface area contributed by atoms with Gasteiger partial charge in [0.05, 0.1) is 29.7 Å². The van der Waals surface area contributed by atoms with Crippen LogP contribution in [0.3, 0.4) is 0 Å². The lowest BCUT2D eigenvalue weighted by atomic mass is 10.1. The maximum atomic E-state index is 14.6. The van der Waals surface area contributed by atoms with Crippen LogP contribution >= 0.6 is 0 Å². The van der Waals surface area contributed by atoms with Gasteiger partial charge in [-0.1, -0.05) is 11.3 Å². The van der Waals surface area contributed by atoms with Crippen molar-refractivity contribution >= 4 is 11.7 Å². The number of carbonyl (C=O) groups is 1. The Kier molecular flexibility index (Phi) is 6.14. The number of nitrogens with zero attached hydrogens (tertiary/aromatic N) is 7. The Bertz CT molecular complexity index is 1030. The zero-order valence-electron chi connectivity index (χ0n) is 16.2. The van der Waals surface area contributed by atoms with Crippen molar-refractivity contribution in [3.8, 4) is 11.8 Å². The predicted octanol–water partition coefficient (Wildman–Crippen LogP) is 2.27. The van der Waals surface area contributed by atoms with Crippen molar-refractivity contribution in [2.75, 3.05) is 31.6 Å². The molecular formula is C20H20FN7O. The van der Waals surface area contributed by atoms with Crippen LogP contribution in [0.1, 0.15) is 22.8 Å². The smallest absolute Gasteiger partial charge is 0.259 e. The number of benzene rings is 1. The molecule has 0 aliphatic rings. The standard InChI is InChI=1S/C20H20FN7O/c1-3-27(12-11-26(2)18-13-15(14-22)7-8-23-18)20(29)19-16(21)5-4-6-17(19)28-10-9-24-25-28/h4-10,13H,3,11-12H2,1-2H3. The molecule has 0 atom stereocenters. The van der Waals surface area contributed by atoms with Crippen molar-refractivity contribution in [1.29, 1.82) is 5.26 Å². The molecular weight excluding hydrogens is 373 g/mol. The van der Waals surface area contributed by atoms with Gasteiger partial charge in [-0.25, -0.2) is 14.1 Å². The van der Waals surface area contributed by atoms with Gasteiger partial charge < -0.3 is 9.80 Å². The average Bonchev–Trinajstić information content (AvgIpc) is 3.28. The number of pyridine rings is 1. The fraction of sp³-hybridized carbons (Fsp3) is 0.250. The normalized spacial score (nSPS) is 10.4. The maximum absolute atomic E-state index is 14.6. The molecule has 9 heteroatoms. The minimum Gasteiger partial charge on any atom is -0.358 e. The molecule has 0 unspecified atom stereocenters. The first-order valence-electron chi connectivity index (χ1n) is 9.07. The third-order valence-electron chi connectivity index (χ3n) is 4.51. The third kappa shape index (κ3) is 4.38. The van der Waals surface area contributed by atoms with Gasteiger partial charge in [0.15, 0.2) is 0 Å². The van der Waals surface area contributed by atoms with E-state index in [1.54, 1.807) is 35.5 Å². The summed E-state index contributed by atoms with van der Waals surface area (Å²) in [5.74, 6) is -0.414. The SMILES string of the molecule is CCN(CCN(C)c1cc(C#N)ccn1)C(=O)c1c(F)cccc1-n1ccnn1. The van der Waals surface area contributed by atoms with Gasteiger partial charge in [-0.05, 0) is 31.2 Å². The summed E-state index contributed by atoms with van der Waals surface area (Å²) in [4.78, 5) is 20.8. The summed E-state index contributed by atoms with van der Waals surface area (Å²) in [6.45, 7) is 3.07. The van der Waals surface area contributed by atoms with Crippen molar-refractivity contribution < 1.29 is 9.18 Å². The molecule has 2 heterocycles. The molecule has 0 spiro atoms. The summed E-state index contributed by atoms with van der Waals surface area (Å²) in [6.07, 6.45) is 4.59. The Hall–Kier alpha value is -3.80. The molecule has 0 fully saturated rings. The second kappa shape index (κ2) is 8.93. The summed E-state index contributed by atoms with van der Waals surface area (Å²) in [5, 5.41) is 16.6. The molecule has 0 N–H and O–H groups in total. The van der Waals surface area contributed by atoms with Crippen LogP contribution in [0.25, 0.3) is 5.69 Å². The fourth-order valence-electron chi connectivity index (χ4n) is 2.90. The summed E-state index contributed by atoms with van der Waals surface area (Å²) in [6, 6.07) is 9.79. The van der Waals surface area contributed by atoms with E-state index in [0.717, 1.165) is 0 Å². The Morgan fingerprint density at radius 1 is 1.28 bits per heavy atom. The summed E-state index contributed by atoms with van der Waals surface area (Å²) < 4.78 is 15.9. The highest BCUT2D eigenvalue weighted by atomic mass is 19.1. The van der Waals surface area contributed by atoms with Crippen molar-refractivity contribution in [3.05, 3.63) is 65.9 Å². The number of anilines is 1. The Labute approximate surface area is 167 Å². The zero-order valence-corrected chi connectivity index (χ0v) is 16.2. The van der Waals surface area contributed by atoms with Gasteiger partial charge in [-0.3, -0.25) is 4.79 Å². The van der Waals surface area contributed by atoms with Gasteiger partial charge in [0.2, 0.25) is 0 Å². The van der Waals surface area contributed by atoms with Crippen molar-refractivity contribution in [2.24, 2.45) is 0 Å². The molecule has 3 aromatic rings. The molecule has 1 aromatic carbocycles. The number of rotatable bonds is 7. The highest BCUT2D eigenvalue weighted by molar-refractivity contribution is 5.98.